The van der Waals surface area contributed by atoms with E-state index in [2.05, 4.69) is 15.9 Å². The molecule has 0 fully saturated rings. The summed E-state index contributed by atoms with van der Waals surface area (Å²) in [5, 5.41) is 8.93. The molecule has 6 heteroatoms. The topological polar surface area (TPSA) is 72.8 Å². The predicted octanol–water partition coefficient (Wildman–Crippen LogP) is 4.14. The van der Waals surface area contributed by atoms with Crippen molar-refractivity contribution in [1.29, 1.82) is 0 Å². The Morgan fingerprint density at radius 3 is 2.42 bits per heavy atom. The largest absolute Gasteiger partial charge is 0.479 e. The van der Waals surface area contributed by atoms with Crippen molar-refractivity contribution in [2.45, 2.75) is 26.9 Å². The molecule has 126 valence electrons. The van der Waals surface area contributed by atoms with E-state index in [-0.39, 0.29) is 11.3 Å². The normalized spacial score (nSPS) is 11.7. The molecule has 0 aliphatic carbocycles. The number of rotatable bonds is 5. The number of carboxylic acid groups (broad SMARTS) is 1. The van der Waals surface area contributed by atoms with Crippen LogP contribution in [0.3, 0.4) is 0 Å². The van der Waals surface area contributed by atoms with Crippen LogP contribution in [0.25, 0.3) is 0 Å². The van der Waals surface area contributed by atoms with Gasteiger partial charge in [-0.2, -0.15) is 0 Å². The van der Waals surface area contributed by atoms with Gasteiger partial charge in [0.1, 0.15) is 11.5 Å². The number of esters is 1. The van der Waals surface area contributed by atoms with Gasteiger partial charge >= 0.3 is 11.9 Å². The van der Waals surface area contributed by atoms with Crippen LogP contribution >= 0.6 is 15.9 Å². The molecule has 5 nitrogen and oxygen atoms in total. The summed E-state index contributed by atoms with van der Waals surface area (Å²) in [6.45, 7) is 5.44. The zero-order valence-electron chi connectivity index (χ0n) is 13.5. The third kappa shape index (κ3) is 4.35. The van der Waals surface area contributed by atoms with E-state index in [9.17, 15) is 9.59 Å². The van der Waals surface area contributed by atoms with Gasteiger partial charge in [0.05, 0.1) is 10.0 Å². The number of ether oxygens (including phenoxy) is 2. The molecule has 0 radical (unpaired) electrons. The van der Waals surface area contributed by atoms with Crippen molar-refractivity contribution < 1.29 is 24.2 Å². The summed E-state index contributed by atoms with van der Waals surface area (Å²) in [5.74, 6) is -0.763. The van der Waals surface area contributed by atoms with Crippen LogP contribution < -0.4 is 9.47 Å². The van der Waals surface area contributed by atoms with Crippen molar-refractivity contribution in [3.8, 4) is 11.5 Å². The molecule has 24 heavy (non-hydrogen) atoms. The summed E-state index contributed by atoms with van der Waals surface area (Å²) in [4.78, 5) is 23.1. The van der Waals surface area contributed by atoms with E-state index in [0.29, 0.717) is 10.2 Å². The van der Waals surface area contributed by atoms with Gasteiger partial charge in [0, 0.05) is 0 Å². The second-order valence-corrected chi connectivity index (χ2v) is 6.25. The Balaban J connectivity index is 2.09. The van der Waals surface area contributed by atoms with Crippen molar-refractivity contribution in [3.05, 3.63) is 57.6 Å². The number of benzene rings is 2. The molecular weight excluding hydrogens is 376 g/mol. The smallest absolute Gasteiger partial charge is 0.352 e. The average Bonchev–Trinajstić information content (AvgIpc) is 2.52. The maximum absolute atomic E-state index is 12.2. The Morgan fingerprint density at radius 2 is 1.79 bits per heavy atom. The number of carbonyl (C=O) groups is 2. The van der Waals surface area contributed by atoms with Gasteiger partial charge in [-0.15, -0.1) is 0 Å². The van der Waals surface area contributed by atoms with Crippen molar-refractivity contribution >= 4 is 27.9 Å². The number of hydrogen-bond donors (Lipinski definition) is 1. The maximum Gasteiger partial charge on any atom is 0.352 e. The highest BCUT2D eigenvalue weighted by Crippen LogP contribution is 2.27. The summed E-state index contributed by atoms with van der Waals surface area (Å²) >= 11 is 3.20. The van der Waals surface area contributed by atoms with Crippen LogP contribution in [0, 0.1) is 13.8 Å². The van der Waals surface area contributed by atoms with E-state index in [4.69, 9.17) is 14.6 Å². The Hall–Kier alpha value is -2.34. The molecule has 2 aromatic carbocycles. The first-order valence-electron chi connectivity index (χ1n) is 7.26. The fraction of sp³-hybridized carbons (Fsp3) is 0.222. The molecule has 0 saturated carbocycles. The number of aromatic carboxylic acids is 1. The fourth-order valence-electron chi connectivity index (χ4n) is 1.98. The Kier molecular flexibility index (Phi) is 5.62. The summed E-state index contributed by atoms with van der Waals surface area (Å²) in [6, 6.07) is 9.91. The van der Waals surface area contributed by atoms with Crippen molar-refractivity contribution in [2.24, 2.45) is 0 Å². The van der Waals surface area contributed by atoms with E-state index in [1.165, 1.54) is 18.2 Å². The predicted molar refractivity (Wildman–Crippen MR) is 92.7 cm³/mol. The van der Waals surface area contributed by atoms with Crippen LogP contribution in [0.2, 0.25) is 0 Å². The van der Waals surface area contributed by atoms with Crippen LogP contribution in [0.4, 0.5) is 0 Å². The van der Waals surface area contributed by atoms with Crippen molar-refractivity contribution in [2.75, 3.05) is 0 Å². The van der Waals surface area contributed by atoms with Crippen LogP contribution in [0.5, 0.6) is 11.5 Å². The van der Waals surface area contributed by atoms with Gasteiger partial charge < -0.3 is 14.6 Å². The molecule has 0 saturated heterocycles. The van der Waals surface area contributed by atoms with Gasteiger partial charge in [-0.3, -0.25) is 0 Å². The van der Waals surface area contributed by atoms with Crippen LogP contribution in [0.1, 0.15) is 28.4 Å². The van der Waals surface area contributed by atoms with E-state index in [1.54, 1.807) is 6.92 Å². The third-order valence-electron chi connectivity index (χ3n) is 3.37. The number of hydrogen-bond acceptors (Lipinski definition) is 4. The van der Waals surface area contributed by atoms with Crippen molar-refractivity contribution in [3.63, 3.8) is 0 Å². The molecule has 1 N–H and O–H groups in total. The first-order chi connectivity index (χ1) is 11.3. The standard InChI is InChI=1S/C18H17BrO5/c1-10-4-5-11(2)16(8-10)23-12(3)18(22)24-15-7-6-13(17(20)21)9-14(15)19/h4-9,12H,1-3H3,(H,20,21). The minimum Gasteiger partial charge on any atom is -0.479 e. The summed E-state index contributed by atoms with van der Waals surface area (Å²) in [7, 11) is 0. The average molecular weight is 393 g/mol. The van der Waals surface area contributed by atoms with Crippen LogP contribution in [-0.4, -0.2) is 23.1 Å². The molecule has 0 amide bonds. The Labute approximate surface area is 148 Å². The summed E-state index contributed by atoms with van der Waals surface area (Å²) < 4.78 is 11.3. The quantitative estimate of drug-likeness (QED) is 0.611. The highest BCUT2D eigenvalue weighted by Gasteiger charge is 2.20. The molecule has 1 atom stereocenters. The summed E-state index contributed by atoms with van der Waals surface area (Å²) in [6.07, 6.45) is -0.809. The molecule has 0 heterocycles. The molecular formula is C18H17BrO5. The van der Waals surface area contributed by atoms with Gasteiger partial charge in [0.2, 0.25) is 0 Å². The number of halogens is 1. The number of carboxylic acids is 1. The molecule has 1 unspecified atom stereocenters. The zero-order valence-corrected chi connectivity index (χ0v) is 15.1. The lowest BCUT2D eigenvalue weighted by atomic mass is 10.1. The highest BCUT2D eigenvalue weighted by molar-refractivity contribution is 9.10. The van der Waals surface area contributed by atoms with E-state index < -0.39 is 18.0 Å². The first-order valence-corrected chi connectivity index (χ1v) is 8.05. The zero-order chi connectivity index (χ0) is 17.9. The SMILES string of the molecule is Cc1ccc(C)c(OC(C)C(=O)Oc2ccc(C(=O)O)cc2Br)c1. The van der Waals surface area contributed by atoms with Crippen LogP contribution in [0.15, 0.2) is 40.9 Å². The maximum atomic E-state index is 12.2. The Bertz CT molecular complexity index is 785. The monoisotopic (exact) mass is 392 g/mol. The lowest BCUT2D eigenvalue weighted by molar-refractivity contribution is -0.141. The first kappa shape index (κ1) is 18.0. The van der Waals surface area contributed by atoms with E-state index in [0.717, 1.165) is 11.1 Å². The van der Waals surface area contributed by atoms with Gasteiger partial charge in [-0.1, -0.05) is 12.1 Å². The number of aryl methyl sites for hydroxylation is 2. The molecule has 0 bridgehead atoms. The van der Waals surface area contributed by atoms with Crippen LogP contribution in [-0.2, 0) is 4.79 Å². The highest BCUT2D eigenvalue weighted by atomic mass is 79.9. The minimum absolute atomic E-state index is 0.0985. The van der Waals surface area contributed by atoms with Gasteiger partial charge in [0.15, 0.2) is 6.10 Å². The van der Waals surface area contributed by atoms with E-state index in [1.807, 2.05) is 32.0 Å². The number of carbonyl (C=O) groups excluding carboxylic acids is 1. The third-order valence-corrected chi connectivity index (χ3v) is 3.99. The van der Waals surface area contributed by atoms with Crippen molar-refractivity contribution in [1.82, 2.24) is 0 Å². The molecule has 0 aliphatic heterocycles. The Morgan fingerprint density at radius 1 is 1.08 bits per heavy atom. The molecule has 2 aromatic rings. The molecule has 0 spiro atoms. The lowest BCUT2D eigenvalue weighted by Gasteiger charge is -2.16. The molecule has 0 aromatic heterocycles. The lowest BCUT2D eigenvalue weighted by Crippen LogP contribution is -2.28. The van der Waals surface area contributed by atoms with Gasteiger partial charge in [0.25, 0.3) is 0 Å². The summed E-state index contributed by atoms with van der Waals surface area (Å²) in [5.41, 5.74) is 2.05. The van der Waals surface area contributed by atoms with Gasteiger partial charge in [-0.25, -0.2) is 9.59 Å². The second kappa shape index (κ2) is 7.49. The minimum atomic E-state index is -1.06. The second-order valence-electron chi connectivity index (χ2n) is 5.40. The molecule has 2 rings (SSSR count). The fourth-order valence-corrected chi connectivity index (χ4v) is 2.44. The van der Waals surface area contributed by atoms with Gasteiger partial charge in [-0.05, 0) is 72.1 Å². The molecule has 0 aliphatic rings. The van der Waals surface area contributed by atoms with E-state index >= 15 is 0 Å².